The number of esters is 2. The maximum Gasteiger partial charge on any atom is 0.472 e. The molecular weight excluding hydrogens is 649 g/mol. The van der Waals surface area contributed by atoms with Crippen LogP contribution in [0.25, 0.3) is 0 Å². The Morgan fingerprint density at radius 2 is 1.14 bits per heavy atom. The highest BCUT2D eigenvalue weighted by Gasteiger charge is 2.28. The minimum atomic E-state index is -4.72. The van der Waals surface area contributed by atoms with Gasteiger partial charge in [-0.1, -0.05) is 140 Å². The number of carbonyl (C=O) groups is 3. The van der Waals surface area contributed by atoms with E-state index in [4.69, 9.17) is 24.8 Å². The first-order valence-electron chi connectivity index (χ1n) is 18.2. The molecular formula is C37H64NO10P. The van der Waals surface area contributed by atoms with Crippen LogP contribution in [0.15, 0.2) is 48.6 Å². The van der Waals surface area contributed by atoms with E-state index in [2.05, 4.69) is 30.5 Å². The topological polar surface area (TPSA) is 172 Å². The predicted octanol–water partition coefficient (Wildman–Crippen LogP) is 8.66. The van der Waals surface area contributed by atoms with Gasteiger partial charge < -0.3 is 25.2 Å². The lowest BCUT2D eigenvalue weighted by atomic mass is 10.0. The van der Waals surface area contributed by atoms with E-state index in [0.29, 0.717) is 12.8 Å². The number of hydrogen-bond acceptors (Lipinski definition) is 9. The highest BCUT2D eigenvalue weighted by molar-refractivity contribution is 7.47. The fraction of sp³-hybridized carbons (Fsp3) is 0.703. The van der Waals surface area contributed by atoms with Crippen LogP contribution in [0.4, 0.5) is 0 Å². The Balaban J connectivity index is 4.55. The van der Waals surface area contributed by atoms with Crippen molar-refractivity contribution in [3.8, 4) is 0 Å². The summed E-state index contributed by atoms with van der Waals surface area (Å²) < 4.78 is 32.5. The first-order chi connectivity index (χ1) is 23.6. The number of carbonyl (C=O) groups excluding carboxylic acids is 2. The Labute approximate surface area is 295 Å². The third-order valence-electron chi connectivity index (χ3n) is 7.44. The first kappa shape index (κ1) is 46.4. The van der Waals surface area contributed by atoms with Gasteiger partial charge in [0.25, 0.3) is 0 Å². The quantitative estimate of drug-likeness (QED) is 0.0257. The van der Waals surface area contributed by atoms with E-state index in [0.717, 1.165) is 44.9 Å². The zero-order chi connectivity index (χ0) is 36.4. The lowest BCUT2D eigenvalue weighted by Gasteiger charge is -2.20. The van der Waals surface area contributed by atoms with Crippen molar-refractivity contribution in [2.24, 2.45) is 5.73 Å². The Bertz CT molecular complexity index is 1030. The van der Waals surface area contributed by atoms with Crippen LogP contribution in [-0.2, 0) is 37.5 Å². The van der Waals surface area contributed by atoms with Gasteiger partial charge in [-0.2, -0.15) is 0 Å². The molecule has 0 saturated heterocycles. The fourth-order valence-electron chi connectivity index (χ4n) is 4.54. The van der Waals surface area contributed by atoms with Gasteiger partial charge in [0.2, 0.25) is 0 Å². The average Bonchev–Trinajstić information content (AvgIpc) is 3.07. The van der Waals surface area contributed by atoms with Gasteiger partial charge in [-0.3, -0.25) is 23.4 Å². The number of hydrogen-bond donors (Lipinski definition) is 3. The van der Waals surface area contributed by atoms with Crippen LogP contribution < -0.4 is 5.73 Å². The van der Waals surface area contributed by atoms with Crippen LogP contribution in [0.5, 0.6) is 0 Å². The molecule has 0 radical (unpaired) electrons. The normalized spacial score (nSPS) is 14.5. The minimum absolute atomic E-state index is 0.115. The predicted molar refractivity (Wildman–Crippen MR) is 194 cm³/mol. The summed E-state index contributed by atoms with van der Waals surface area (Å²) in [6.45, 7) is 2.58. The second-order valence-corrected chi connectivity index (χ2v) is 13.5. The van der Waals surface area contributed by atoms with Crippen LogP contribution in [0.2, 0.25) is 0 Å². The fourth-order valence-corrected chi connectivity index (χ4v) is 5.32. The number of carboxylic acids is 1. The lowest BCUT2D eigenvalue weighted by Crippen LogP contribution is -2.34. The highest BCUT2D eigenvalue weighted by atomic mass is 31.2. The molecule has 0 bridgehead atoms. The number of carboxylic acid groups (broad SMARTS) is 1. The van der Waals surface area contributed by atoms with Crippen LogP contribution in [-0.4, -0.2) is 59.9 Å². The van der Waals surface area contributed by atoms with E-state index in [1.165, 1.54) is 51.4 Å². The molecule has 282 valence electrons. The highest BCUT2D eigenvalue weighted by Crippen LogP contribution is 2.43. The molecule has 0 aromatic heterocycles. The number of unbranched alkanes of at least 4 members (excludes halogenated alkanes) is 14. The molecule has 0 fully saturated rings. The van der Waals surface area contributed by atoms with Crippen LogP contribution in [0.1, 0.15) is 136 Å². The summed E-state index contributed by atoms with van der Waals surface area (Å²) in [5.74, 6) is -2.44. The van der Waals surface area contributed by atoms with E-state index in [1.807, 2.05) is 36.5 Å². The summed E-state index contributed by atoms with van der Waals surface area (Å²) in [6, 6.07) is -1.53. The number of rotatable bonds is 33. The Morgan fingerprint density at radius 1 is 0.653 bits per heavy atom. The molecule has 2 unspecified atom stereocenters. The second kappa shape index (κ2) is 32.6. The lowest BCUT2D eigenvalue weighted by molar-refractivity contribution is -0.161. The van der Waals surface area contributed by atoms with Crippen LogP contribution >= 0.6 is 7.82 Å². The zero-order valence-electron chi connectivity index (χ0n) is 30.0. The number of phosphoric ester groups is 1. The molecule has 0 aliphatic carbocycles. The first-order valence-corrected chi connectivity index (χ1v) is 19.7. The molecule has 0 aromatic carbocycles. The maximum atomic E-state index is 12.5. The molecule has 0 aliphatic heterocycles. The number of ether oxygens (including phenoxy) is 2. The second-order valence-electron chi connectivity index (χ2n) is 12.1. The number of aliphatic carboxylic acids is 1. The SMILES string of the molecule is CC/C=C/C=C/C=C/C=C/CCCCCC(=O)OC(COC(=O)CCCCCCCCCCCCCC)COP(=O)(O)OC[C@H](N)C(=O)O. The van der Waals surface area contributed by atoms with Crippen molar-refractivity contribution in [3.05, 3.63) is 48.6 Å². The molecule has 49 heavy (non-hydrogen) atoms. The molecule has 0 spiro atoms. The Hall–Kier alpha value is -2.56. The van der Waals surface area contributed by atoms with Gasteiger partial charge in [0.1, 0.15) is 12.6 Å². The van der Waals surface area contributed by atoms with Gasteiger partial charge in [-0.25, -0.2) is 4.57 Å². The molecule has 3 atom stereocenters. The van der Waals surface area contributed by atoms with E-state index in [9.17, 15) is 23.8 Å². The minimum Gasteiger partial charge on any atom is -0.480 e. The van der Waals surface area contributed by atoms with Crippen molar-refractivity contribution in [1.29, 1.82) is 0 Å². The van der Waals surface area contributed by atoms with Crippen molar-refractivity contribution in [1.82, 2.24) is 0 Å². The summed E-state index contributed by atoms with van der Waals surface area (Å²) in [4.78, 5) is 45.6. The third-order valence-corrected chi connectivity index (χ3v) is 8.39. The molecule has 0 amide bonds. The molecule has 0 saturated carbocycles. The number of nitrogens with two attached hydrogens (primary N) is 1. The molecule has 0 aliphatic rings. The largest absolute Gasteiger partial charge is 0.480 e. The molecule has 11 nitrogen and oxygen atoms in total. The standard InChI is InChI=1S/C37H64NO10P/c1-3-5-7-9-11-13-15-17-19-21-23-25-27-29-36(40)48-33(31-46-49(43,44)47-32-34(38)37(41)42)30-45-35(39)28-26-24-22-20-18-16-14-12-10-8-6-4-2/h5,7,9,11,13,15,17,19,33-34H,3-4,6,8,10,12,14,16,18,20-32,38H2,1-2H3,(H,41,42)(H,43,44)/b7-5+,11-9+,15-13+,19-17+/t33?,34-/m0/s1. The van der Waals surface area contributed by atoms with Crippen LogP contribution in [0, 0.1) is 0 Å². The van der Waals surface area contributed by atoms with Gasteiger partial charge in [-0.15, -0.1) is 0 Å². The maximum absolute atomic E-state index is 12.5. The average molecular weight is 714 g/mol. The van der Waals surface area contributed by atoms with Gasteiger partial charge in [-0.05, 0) is 32.1 Å². The molecule has 12 heteroatoms. The molecule has 0 rings (SSSR count). The molecule has 4 N–H and O–H groups in total. The van der Waals surface area contributed by atoms with Crippen molar-refractivity contribution in [3.63, 3.8) is 0 Å². The smallest absolute Gasteiger partial charge is 0.472 e. The molecule has 0 aromatic rings. The monoisotopic (exact) mass is 713 g/mol. The van der Waals surface area contributed by atoms with E-state index in [1.54, 1.807) is 0 Å². The van der Waals surface area contributed by atoms with Gasteiger partial charge in [0.15, 0.2) is 6.10 Å². The summed E-state index contributed by atoms with van der Waals surface area (Å²) in [6.07, 6.45) is 33.3. The number of phosphoric acid groups is 1. The Kier molecular flexibility index (Phi) is 30.9. The summed E-state index contributed by atoms with van der Waals surface area (Å²) >= 11 is 0. The Morgan fingerprint density at radius 3 is 1.71 bits per heavy atom. The van der Waals surface area contributed by atoms with E-state index >= 15 is 0 Å². The number of allylic oxidation sites excluding steroid dienone is 8. The third kappa shape index (κ3) is 32.4. The summed E-state index contributed by atoms with van der Waals surface area (Å²) in [7, 11) is -4.72. The van der Waals surface area contributed by atoms with E-state index < -0.39 is 51.1 Å². The molecule has 0 heterocycles. The van der Waals surface area contributed by atoms with Crippen molar-refractivity contribution in [2.45, 2.75) is 148 Å². The van der Waals surface area contributed by atoms with E-state index in [-0.39, 0.29) is 19.4 Å². The van der Waals surface area contributed by atoms with Crippen molar-refractivity contribution in [2.75, 3.05) is 19.8 Å². The van der Waals surface area contributed by atoms with Crippen molar-refractivity contribution < 1.29 is 47.5 Å². The summed E-state index contributed by atoms with van der Waals surface area (Å²) in [5, 5.41) is 8.84. The zero-order valence-corrected chi connectivity index (χ0v) is 30.9. The summed E-state index contributed by atoms with van der Waals surface area (Å²) in [5.41, 5.74) is 5.30. The van der Waals surface area contributed by atoms with Gasteiger partial charge in [0, 0.05) is 12.8 Å². The van der Waals surface area contributed by atoms with Crippen molar-refractivity contribution >= 4 is 25.7 Å². The van der Waals surface area contributed by atoms with Gasteiger partial charge >= 0.3 is 25.7 Å². The van der Waals surface area contributed by atoms with Crippen LogP contribution in [0.3, 0.4) is 0 Å². The van der Waals surface area contributed by atoms with Gasteiger partial charge in [0.05, 0.1) is 13.2 Å².